The maximum atomic E-state index is 3.72. The van der Waals surface area contributed by atoms with Crippen LogP contribution in [0.2, 0.25) is 0 Å². The Bertz CT molecular complexity index is 371. The molecule has 1 rings (SSSR count). The van der Waals surface area contributed by atoms with Crippen molar-refractivity contribution in [2.45, 2.75) is 72.8 Å². The zero-order valence-corrected chi connectivity index (χ0v) is 14.5. The predicted octanol–water partition coefficient (Wildman–Crippen LogP) is 5.86. The monoisotopic (exact) mass is 275 g/mol. The van der Waals surface area contributed by atoms with Crippen LogP contribution in [0.15, 0.2) is 24.3 Å². The van der Waals surface area contributed by atoms with Crippen molar-refractivity contribution in [2.24, 2.45) is 11.8 Å². The quantitative estimate of drug-likeness (QED) is 0.686. The molecule has 114 valence electrons. The molecule has 0 amide bonds. The van der Waals surface area contributed by atoms with Gasteiger partial charge in [-0.3, -0.25) is 0 Å². The fourth-order valence-corrected chi connectivity index (χ4v) is 2.65. The van der Waals surface area contributed by atoms with E-state index >= 15 is 0 Å². The molecular formula is C19H33N. The largest absolute Gasteiger partial charge is 0.382 e. The molecule has 1 aromatic rings. The lowest BCUT2D eigenvalue weighted by Crippen LogP contribution is -2.23. The van der Waals surface area contributed by atoms with E-state index < -0.39 is 0 Å². The lowest BCUT2D eigenvalue weighted by molar-refractivity contribution is 0.442. The average molecular weight is 275 g/mol. The molecule has 20 heavy (non-hydrogen) atoms. The van der Waals surface area contributed by atoms with Crippen molar-refractivity contribution in [3.8, 4) is 0 Å². The van der Waals surface area contributed by atoms with Crippen molar-refractivity contribution in [1.82, 2.24) is 0 Å². The molecule has 0 aliphatic rings. The summed E-state index contributed by atoms with van der Waals surface area (Å²) in [6.45, 7) is 16.0. The van der Waals surface area contributed by atoms with E-state index in [0.29, 0.717) is 6.04 Å². The SMILES string of the molecule is CC(C)CC(CC(C)C)Nc1ccc(C(C)(C)C)cc1. The van der Waals surface area contributed by atoms with Crippen LogP contribution in [0.5, 0.6) is 0 Å². The van der Waals surface area contributed by atoms with Gasteiger partial charge in [0, 0.05) is 11.7 Å². The maximum absolute atomic E-state index is 3.72. The highest BCUT2D eigenvalue weighted by Crippen LogP contribution is 2.25. The Kier molecular flexibility index (Phi) is 6.10. The molecule has 0 saturated heterocycles. The van der Waals surface area contributed by atoms with Gasteiger partial charge in [-0.25, -0.2) is 0 Å². The minimum atomic E-state index is 0.230. The molecule has 0 spiro atoms. The van der Waals surface area contributed by atoms with Crippen molar-refractivity contribution < 1.29 is 0 Å². The Morgan fingerprint density at radius 3 is 1.65 bits per heavy atom. The van der Waals surface area contributed by atoms with E-state index in [1.54, 1.807) is 0 Å². The van der Waals surface area contributed by atoms with Gasteiger partial charge in [-0.05, 0) is 47.8 Å². The zero-order chi connectivity index (χ0) is 15.3. The first-order valence-electron chi connectivity index (χ1n) is 8.05. The molecular weight excluding hydrogens is 242 g/mol. The summed E-state index contributed by atoms with van der Waals surface area (Å²) in [6, 6.07) is 9.55. The molecule has 1 aromatic carbocycles. The van der Waals surface area contributed by atoms with Gasteiger partial charge in [0.2, 0.25) is 0 Å². The van der Waals surface area contributed by atoms with Crippen LogP contribution in [0.1, 0.15) is 66.9 Å². The average Bonchev–Trinajstić information content (AvgIpc) is 2.26. The second-order valence-electron chi connectivity index (χ2n) is 7.93. The molecule has 0 radical (unpaired) electrons. The van der Waals surface area contributed by atoms with E-state index in [-0.39, 0.29) is 5.41 Å². The minimum absolute atomic E-state index is 0.230. The first kappa shape index (κ1) is 17.1. The molecule has 0 bridgehead atoms. The topological polar surface area (TPSA) is 12.0 Å². The Labute approximate surface area is 126 Å². The lowest BCUT2D eigenvalue weighted by Gasteiger charge is -2.24. The zero-order valence-electron chi connectivity index (χ0n) is 14.5. The number of hydrogen-bond acceptors (Lipinski definition) is 1. The minimum Gasteiger partial charge on any atom is -0.382 e. The molecule has 0 aliphatic heterocycles. The highest BCUT2D eigenvalue weighted by Gasteiger charge is 2.15. The van der Waals surface area contributed by atoms with E-state index in [2.05, 4.69) is 78.0 Å². The van der Waals surface area contributed by atoms with E-state index in [1.165, 1.54) is 24.1 Å². The van der Waals surface area contributed by atoms with Crippen LogP contribution >= 0.6 is 0 Å². The van der Waals surface area contributed by atoms with Gasteiger partial charge in [0.25, 0.3) is 0 Å². The lowest BCUT2D eigenvalue weighted by atomic mass is 9.87. The molecule has 0 atom stereocenters. The fraction of sp³-hybridized carbons (Fsp3) is 0.684. The summed E-state index contributed by atoms with van der Waals surface area (Å²) < 4.78 is 0. The predicted molar refractivity (Wildman–Crippen MR) is 91.5 cm³/mol. The Morgan fingerprint density at radius 2 is 1.30 bits per heavy atom. The van der Waals surface area contributed by atoms with Crippen molar-refractivity contribution in [3.05, 3.63) is 29.8 Å². The van der Waals surface area contributed by atoms with Crippen LogP contribution < -0.4 is 5.32 Å². The van der Waals surface area contributed by atoms with Gasteiger partial charge < -0.3 is 5.32 Å². The van der Waals surface area contributed by atoms with Crippen LogP contribution in [0, 0.1) is 11.8 Å². The van der Waals surface area contributed by atoms with E-state index in [1.807, 2.05) is 0 Å². The van der Waals surface area contributed by atoms with E-state index in [4.69, 9.17) is 0 Å². The standard InChI is InChI=1S/C19H33N/c1-14(2)12-18(13-15(3)4)20-17-10-8-16(9-11-17)19(5,6)7/h8-11,14-15,18,20H,12-13H2,1-7H3. The van der Waals surface area contributed by atoms with Crippen LogP contribution in [-0.4, -0.2) is 6.04 Å². The Hall–Kier alpha value is -0.980. The third-order valence-corrected chi connectivity index (χ3v) is 3.63. The molecule has 0 saturated carbocycles. The van der Waals surface area contributed by atoms with Gasteiger partial charge in [0.05, 0.1) is 0 Å². The molecule has 0 aromatic heterocycles. The van der Waals surface area contributed by atoms with E-state index in [9.17, 15) is 0 Å². The number of hydrogen-bond donors (Lipinski definition) is 1. The van der Waals surface area contributed by atoms with Crippen LogP contribution in [-0.2, 0) is 5.41 Å². The number of benzene rings is 1. The molecule has 0 heterocycles. The number of nitrogens with one attached hydrogen (secondary N) is 1. The van der Waals surface area contributed by atoms with Crippen molar-refractivity contribution in [3.63, 3.8) is 0 Å². The summed E-state index contributed by atoms with van der Waals surface area (Å²) in [5.41, 5.74) is 2.88. The van der Waals surface area contributed by atoms with Crippen LogP contribution in [0.4, 0.5) is 5.69 Å². The van der Waals surface area contributed by atoms with Crippen LogP contribution in [0.25, 0.3) is 0 Å². The van der Waals surface area contributed by atoms with E-state index in [0.717, 1.165) is 11.8 Å². The third kappa shape index (κ3) is 5.98. The highest BCUT2D eigenvalue weighted by atomic mass is 14.9. The van der Waals surface area contributed by atoms with Gasteiger partial charge in [-0.1, -0.05) is 60.6 Å². The first-order chi connectivity index (χ1) is 9.18. The summed E-state index contributed by atoms with van der Waals surface area (Å²) in [6.07, 6.45) is 2.47. The summed E-state index contributed by atoms with van der Waals surface area (Å²) in [5.74, 6) is 1.47. The number of rotatable bonds is 6. The van der Waals surface area contributed by atoms with Gasteiger partial charge in [-0.2, -0.15) is 0 Å². The first-order valence-corrected chi connectivity index (χ1v) is 8.05. The second kappa shape index (κ2) is 7.15. The van der Waals surface area contributed by atoms with Gasteiger partial charge in [-0.15, -0.1) is 0 Å². The highest BCUT2D eigenvalue weighted by molar-refractivity contribution is 5.46. The summed E-state index contributed by atoms with van der Waals surface area (Å²) in [4.78, 5) is 0. The molecule has 0 unspecified atom stereocenters. The van der Waals surface area contributed by atoms with Gasteiger partial charge >= 0.3 is 0 Å². The van der Waals surface area contributed by atoms with Crippen LogP contribution in [0.3, 0.4) is 0 Å². The Morgan fingerprint density at radius 1 is 0.850 bits per heavy atom. The van der Waals surface area contributed by atoms with Gasteiger partial charge in [0.15, 0.2) is 0 Å². The normalized spacial score (nSPS) is 12.5. The molecule has 0 fully saturated rings. The number of anilines is 1. The molecule has 1 N–H and O–H groups in total. The second-order valence-corrected chi connectivity index (χ2v) is 7.93. The van der Waals surface area contributed by atoms with Gasteiger partial charge in [0.1, 0.15) is 0 Å². The molecule has 1 heteroatoms. The summed E-state index contributed by atoms with van der Waals surface area (Å²) >= 11 is 0. The summed E-state index contributed by atoms with van der Waals surface area (Å²) in [7, 11) is 0. The fourth-order valence-electron chi connectivity index (χ4n) is 2.65. The van der Waals surface area contributed by atoms with Crippen molar-refractivity contribution in [2.75, 3.05) is 5.32 Å². The maximum Gasteiger partial charge on any atom is 0.0342 e. The molecule has 0 aliphatic carbocycles. The third-order valence-electron chi connectivity index (χ3n) is 3.63. The van der Waals surface area contributed by atoms with Crippen molar-refractivity contribution >= 4 is 5.69 Å². The molecule has 1 nitrogen and oxygen atoms in total. The van der Waals surface area contributed by atoms with Crippen molar-refractivity contribution in [1.29, 1.82) is 0 Å². The summed E-state index contributed by atoms with van der Waals surface area (Å²) in [5, 5.41) is 3.72. The Balaban J connectivity index is 2.73. The smallest absolute Gasteiger partial charge is 0.0342 e.